The zero-order valence-corrected chi connectivity index (χ0v) is 5.88. The highest BCUT2D eigenvalue weighted by atomic mass is 16.5. The average Bonchev–Trinajstić information content (AvgIpc) is 1.89. The molecule has 0 aromatic carbocycles. The Hall–Kier alpha value is -1.46. The summed E-state index contributed by atoms with van der Waals surface area (Å²) in [4.78, 5) is 9.37. The Bertz CT molecular complexity index is 100. The first kappa shape index (κ1) is 11.4. The van der Waals surface area contributed by atoms with Crippen molar-refractivity contribution in [3.63, 3.8) is 0 Å². The van der Waals surface area contributed by atoms with Crippen LogP contribution in [0.4, 0.5) is 4.79 Å². The van der Waals surface area contributed by atoms with E-state index in [1.807, 2.05) is 0 Å². The number of ether oxygens (including phenoxy) is 2. The third-order valence-corrected chi connectivity index (χ3v) is 0.421. The van der Waals surface area contributed by atoms with E-state index in [1.54, 1.807) is 0 Å². The van der Waals surface area contributed by atoms with Crippen molar-refractivity contribution in [2.45, 2.75) is 0 Å². The van der Waals surface area contributed by atoms with E-state index in [4.69, 9.17) is 5.41 Å². The van der Waals surface area contributed by atoms with E-state index in [-0.39, 0.29) is 6.02 Å². The van der Waals surface area contributed by atoms with Crippen molar-refractivity contribution >= 4 is 12.1 Å². The van der Waals surface area contributed by atoms with Crippen molar-refractivity contribution in [1.82, 2.24) is 0 Å². The number of nitrogens with one attached hydrogen (secondary N) is 1. The van der Waals surface area contributed by atoms with Crippen molar-refractivity contribution < 1.29 is 14.3 Å². The average molecular weight is 149 g/mol. The predicted molar refractivity (Wildman–Crippen MR) is 35.5 cm³/mol. The number of hydrogen-bond donors (Lipinski definition) is 3. The quantitative estimate of drug-likeness (QED) is 0.310. The number of carbonyl (C=O) groups is 1. The molecule has 6 nitrogen and oxygen atoms in total. The van der Waals surface area contributed by atoms with Crippen molar-refractivity contribution in [1.29, 1.82) is 5.41 Å². The van der Waals surface area contributed by atoms with Gasteiger partial charge < -0.3 is 20.9 Å². The third-order valence-electron chi connectivity index (χ3n) is 0.421. The van der Waals surface area contributed by atoms with Crippen LogP contribution >= 0.6 is 0 Å². The second kappa shape index (κ2) is 7.54. The zero-order valence-electron chi connectivity index (χ0n) is 5.88. The molecule has 0 spiro atoms. The number of rotatable bonds is 0. The number of amides is 1. The van der Waals surface area contributed by atoms with E-state index in [0.29, 0.717) is 0 Å². The lowest BCUT2D eigenvalue weighted by molar-refractivity contribution is 0.182. The van der Waals surface area contributed by atoms with Gasteiger partial charge in [-0.2, -0.15) is 0 Å². The van der Waals surface area contributed by atoms with Crippen molar-refractivity contribution in [2.75, 3.05) is 14.2 Å². The lowest BCUT2D eigenvalue weighted by Crippen LogP contribution is -2.10. The Morgan fingerprint density at radius 2 is 1.50 bits per heavy atom. The van der Waals surface area contributed by atoms with E-state index in [1.165, 1.54) is 14.2 Å². The highest BCUT2D eigenvalue weighted by Crippen LogP contribution is 1.55. The lowest BCUT2D eigenvalue weighted by Gasteiger charge is -1.85. The summed E-state index contributed by atoms with van der Waals surface area (Å²) in [7, 11) is 2.57. The molecule has 0 saturated heterocycles. The van der Waals surface area contributed by atoms with Gasteiger partial charge in [0.2, 0.25) is 0 Å². The molecule has 6 heteroatoms. The summed E-state index contributed by atoms with van der Waals surface area (Å²) in [6, 6.07) is -0.245. The fourth-order valence-corrected chi connectivity index (χ4v) is 0. The van der Waals surface area contributed by atoms with Gasteiger partial charge in [0.25, 0.3) is 6.02 Å². The maximum absolute atomic E-state index is 9.37. The van der Waals surface area contributed by atoms with Crippen LogP contribution in [0, 0.1) is 5.41 Å². The molecular weight excluding hydrogens is 138 g/mol. The number of carbonyl (C=O) groups excluding carboxylic acids is 1. The standard InChI is InChI=1S/C2H6N2O.C2H5NO2/c2*1-5-2(3)4/h1H3,(H3,3,4);1H3,(H2,3,4). The molecule has 0 unspecified atom stereocenters. The Kier molecular flexibility index (Phi) is 8.56. The molecule has 0 fully saturated rings. The second-order valence-electron chi connectivity index (χ2n) is 1.09. The fourth-order valence-electron chi connectivity index (χ4n) is 0. The minimum Gasteiger partial charge on any atom is -0.469 e. The second-order valence-corrected chi connectivity index (χ2v) is 1.09. The van der Waals surface area contributed by atoms with Crippen LogP contribution in [0.15, 0.2) is 0 Å². The van der Waals surface area contributed by atoms with Crippen molar-refractivity contribution in [3.8, 4) is 0 Å². The summed E-state index contributed by atoms with van der Waals surface area (Å²) in [6.45, 7) is 0. The molecule has 0 aliphatic carbocycles. The van der Waals surface area contributed by atoms with Crippen LogP contribution in [0.3, 0.4) is 0 Å². The van der Waals surface area contributed by atoms with Gasteiger partial charge >= 0.3 is 6.09 Å². The number of nitrogens with two attached hydrogens (primary N) is 2. The molecule has 0 aromatic rings. The normalized spacial score (nSPS) is 6.60. The van der Waals surface area contributed by atoms with Gasteiger partial charge in [-0.1, -0.05) is 0 Å². The van der Waals surface area contributed by atoms with Crippen molar-refractivity contribution in [3.05, 3.63) is 0 Å². The Morgan fingerprint density at radius 3 is 1.50 bits per heavy atom. The van der Waals surface area contributed by atoms with E-state index in [0.717, 1.165) is 0 Å². The molecule has 10 heavy (non-hydrogen) atoms. The van der Waals surface area contributed by atoms with Crippen molar-refractivity contribution in [2.24, 2.45) is 11.5 Å². The molecule has 0 aliphatic rings. The number of primary amides is 1. The first-order valence-corrected chi connectivity index (χ1v) is 2.26. The Morgan fingerprint density at radius 1 is 1.30 bits per heavy atom. The van der Waals surface area contributed by atoms with Crippen LogP contribution in [0.5, 0.6) is 0 Å². The van der Waals surface area contributed by atoms with E-state index in [9.17, 15) is 4.79 Å². The van der Waals surface area contributed by atoms with Crippen LogP contribution in [-0.4, -0.2) is 26.3 Å². The van der Waals surface area contributed by atoms with E-state index < -0.39 is 6.09 Å². The lowest BCUT2D eigenvalue weighted by atomic mass is 11.2. The molecule has 0 aromatic heterocycles. The molecule has 5 N–H and O–H groups in total. The molecular formula is C4H11N3O3. The third kappa shape index (κ3) is 31.1. The fraction of sp³-hybridized carbons (Fsp3) is 0.500. The van der Waals surface area contributed by atoms with Gasteiger partial charge in [-0.3, -0.25) is 5.41 Å². The van der Waals surface area contributed by atoms with Gasteiger partial charge in [-0.15, -0.1) is 0 Å². The highest BCUT2D eigenvalue weighted by Gasteiger charge is 1.76. The number of methoxy groups -OCH3 is 2. The highest BCUT2D eigenvalue weighted by molar-refractivity contribution is 5.67. The molecule has 0 saturated carbocycles. The topological polar surface area (TPSA) is 111 Å². The SMILES string of the molecule is COC(=N)N.COC(N)=O. The smallest absolute Gasteiger partial charge is 0.404 e. The summed E-state index contributed by atoms with van der Waals surface area (Å²) < 4.78 is 8.00. The first-order chi connectivity index (χ1) is 4.54. The minimum absolute atomic E-state index is 0.245. The zero-order chi connectivity index (χ0) is 8.57. The molecule has 0 radical (unpaired) electrons. The summed E-state index contributed by atoms with van der Waals surface area (Å²) >= 11 is 0. The van der Waals surface area contributed by atoms with Crippen LogP contribution < -0.4 is 11.5 Å². The number of amidine groups is 1. The Labute approximate surface area is 58.6 Å². The summed E-state index contributed by atoms with van der Waals surface area (Å²) in [5.74, 6) is 0. The monoisotopic (exact) mass is 149 g/mol. The summed E-state index contributed by atoms with van der Waals surface area (Å²) in [5, 5.41) is 6.30. The van der Waals surface area contributed by atoms with Gasteiger partial charge in [0.05, 0.1) is 14.2 Å². The van der Waals surface area contributed by atoms with Gasteiger partial charge in [0.15, 0.2) is 0 Å². The van der Waals surface area contributed by atoms with Crippen LogP contribution in [0.1, 0.15) is 0 Å². The molecule has 0 atom stereocenters. The number of hydrogen-bond acceptors (Lipinski definition) is 4. The predicted octanol–water partition coefficient (Wildman–Crippen LogP) is -0.762. The summed E-state index contributed by atoms with van der Waals surface area (Å²) in [5.41, 5.74) is 9.08. The van der Waals surface area contributed by atoms with Gasteiger partial charge in [-0.05, 0) is 0 Å². The molecule has 0 rings (SSSR count). The minimum atomic E-state index is -0.745. The Balaban J connectivity index is 0. The van der Waals surface area contributed by atoms with E-state index >= 15 is 0 Å². The molecule has 0 heterocycles. The molecule has 0 aliphatic heterocycles. The maximum Gasteiger partial charge on any atom is 0.404 e. The molecule has 0 bridgehead atoms. The van der Waals surface area contributed by atoms with Crippen LogP contribution in [0.2, 0.25) is 0 Å². The van der Waals surface area contributed by atoms with Crippen LogP contribution in [0.25, 0.3) is 0 Å². The summed E-state index contributed by atoms with van der Waals surface area (Å²) in [6.07, 6.45) is -0.745. The molecule has 60 valence electrons. The molecule has 1 amide bonds. The van der Waals surface area contributed by atoms with Crippen LogP contribution in [-0.2, 0) is 9.47 Å². The maximum atomic E-state index is 9.37. The van der Waals surface area contributed by atoms with E-state index in [2.05, 4.69) is 20.9 Å². The van der Waals surface area contributed by atoms with Gasteiger partial charge in [0.1, 0.15) is 0 Å². The van der Waals surface area contributed by atoms with Gasteiger partial charge in [-0.25, -0.2) is 4.79 Å². The first-order valence-electron chi connectivity index (χ1n) is 2.26. The van der Waals surface area contributed by atoms with Gasteiger partial charge in [0, 0.05) is 0 Å². The largest absolute Gasteiger partial charge is 0.469 e.